The van der Waals surface area contributed by atoms with Crippen molar-refractivity contribution in [3.8, 4) is 11.5 Å². The van der Waals surface area contributed by atoms with Gasteiger partial charge in [0.15, 0.2) is 0 Å². The van der Waals surface area contributed by atoms with Crippen LogP contribution in [-0.4, -0.2) is 61.4 Å². The van der Waals surface area contributed by atoms with E-state index >= 15 is 0 Å². The molecule has 2 fully saturated rings. The standard InChI is InChI=1S/C29H36N2O4/c1-4-16-31-17-15-28(23-8-6-10-26(19-23)35-3)20-24(13-14-29(28,33)21-31)30-27(32)12-11-22-7-5-9-25(18-22)34-2/h4-12,18-19,24,33H,1,13-17,20-21H2,2-3H3,(H,30,32)/t24-,28+,29+/m1/s1. The number of piperidine rings is 1. The molecule has 0 unspecified atom stereocenters. The van der Waals surface area contributed by atoms with E-state index in [0.29, 0.717) is 19.4 Å². The van der Waals surface area contributed by atoms with Crippen LogP contribution in [0, 0.1) is 0 Å². The second-order valence-electron chi connectivity index (χ2n) is 9.68. The van der Waals surface area contributed by atoms with Crippen LogP contribution in [0.15, 0.2) is 67.3 Å². The lowest BCUT2D eigenvalue weighted by Crippen LogP contribution is -2.67. The lowest BCUT2D eigenvalue weighted by molar-refractivity contribution is -0.130. The van der Waals surface area contributed by atoms with Crippen LogP contribution in [0.25, 0.3) is 6.08 Å². The van der Waals surface area contributed by atoms with Gasteiger partial charge in [0, 0.05) is 30.6 Å². The first-order valence-electron chi connectivity index (χ1n) is 12.2. The van der Waals surface area contributed by atoms with Crippen LogP contribution in [-0.2, 0) is 10.2 Å². The van der Waals surface area contributed by atoms with Crippen LogP contribution in [0.3, 0.4) is 0 Å². The van der Waals surface area contributed by atoms with E-state index in [-0.39, 0.29) is 11.9 Å². The summed E-state index contributed by atoms with van der Waals surface area (Å²) in [6.45, 7) is 6.08. The first-order chi connectivity index (χ1) is 16.9. The zero-order valence-corrected chi connectivity index (χ0v) is 20.7. The SMILES string of the molecule is C=CCN1CC[C@@]2(c3cccc(OC)c3)C[C@H](NC(=O)C=Cc3cccc(OC)c3)CC[C@]2(O)C1. The second kappa shape index (κ2) is 10.7. The average Bonchev–Trinajstić information content (AvgIpc) is 2.88. The van der Waals surface area contributed by atoms with Crippen LogP contribution in [0.1, 0.15) is 36.8 Å². The molecule has 2 aliphatic rings. The number of amides is 1. The molecule has 2 aromatic carbocycles. The third-order valence-electron chi connectivity index (χ3n) is 7.61. The van der Waals surface area contributed by atoms with E-state index in [1.807, 2.05) is 48.5 Å². The summed E-state index contributed by atoms with van der Waals surface area (Å²) < 4.78 is 10.8. The minimum atomic E-state index is -0.891. The molecule has 0 radical (unpaired) electrons. The number of carbonyl (C=O) groups is 1. The lowest BCUT2D eigenvalue weighted by Gasteiger charge is -2.58. The van der Waals surface area contributed by atoms with Gasteiger partial charge in [-0.3, -0.25) is 9.69 Å². The number of hydrogen-bond donors (Lipinski definition) is 2. The number of methoxy groups -OCH3 is 2. The van der Waals surface area contributed by atoms with Crippen molar-refractivity contribution in [3.05, 3.63) is 78.4 Å². The van der Waals surface area contributed by atoms with E-state index in [9.17, 15) is 9.90 Å². The highest BCUT2D eigenvalue weighted by molar-refractivity contribution is 5.92. The molecular formula is C29H36N2O4. The van der Waals surface area contributed by atoms with Crippen molar-refractivity contribution in [2.45, 2.75) is 42.7 Å². The number of benzene rings is 2. The Labute approximate surface area is 208 Å². The van der Waals surface area contributed by atoms with Gasteiger partial charge in [0.2, 0.25) is 5.91 Å². The van der Waals surface area contributed by atoms with E-state index in [2.05, 4.69) is 22.9 Å². The third-order valence-corrected chi connectivity index (χ3v) is 7.61. The van der Waals surface area contributed by atoms with Crippen molar-refractivity contribution in [2.75, 3.05) is 33.9 Å². The van der Waals surface area contributed by atoms with E-state index in [0.717, 1.165) is 48.6 Å². The van der Waals surface area contributed by atoms with Crippen molar-refractivity contribution in [1.29, 1.82) is 0 Å². The predicted octanol–water partition coefficient (Wildman–Crippen LogP) is 3.95. The van der Waals surface area contributed by atoms with E-state index in [4.69, 9.17) is 9.47 Å². The van der Waals surface area contributed by atoms with Crippen LogP contribution < -0.4 is 14.8 Å². The molecule has 1 aliphatic carbocycles. The van der Waals surface area contributed by atoms with Gasteiger partial charge < -0.3 is 19.9 Å². The van der Waals surface area contributed by atoms with Gasteiger partial charge >= 0.3 is 0 Å². The number of fused-ring (bicyclic) bond motifs is 1. The summed E-state index contributed by atoms with van der Waals surface area (Å²) in [5.74, 6) is 1.40. The van der Waals surface area contributed by atoms with E-state index in [1.54, 1.807) is 26.4 Å². The van der Waals surface area contributed by atoms with E-state index in [1.165, 1.54) is 0 Å². The van der Waals surface area contributed by atoms with Crippen molar-refractivity contribution < 1.29 is 19.4 Å². The zero-order valence-electron chi connectivity index (χ0n) is 20.7. The van der Waals surface area contributed by atoms with Crippen molar-refractivity contribution in [3.63, 3.8) is 0 Å². The molecule has 0 spiro atoms. The van der Waals surface area contributed by atoms with Gasteiger partial charge in [-0.05, 0) is 73.7 Å². The summed E-state index contributed by atoms with van der Waals surface area (Å²) in [5, 5.41) is 15.3. The van der Waals surface area contributed by atoms with Crippen LogP contribution in [0.2, 0.25) is 0 Å². The number of carbonyl (C=O) groups excluding carboxylic acids is 1. The second-order valence-corrected chi connectivity index (χ2v) is 9.68. The molecule has 6 heteroatoms. The molecule has 1 heterocycles. The molecule has 2 N–H and O–H groups in total. The topological polar surface area (TPSA) is 71.0 Å². The normalized spacial score (nSPS) is 26.7. The number of aliphatic hydroxyl groups is 1. The van der Waals surface area contributed by atoms with Gasteiger partial charge in [-0.15, -0.1) is 6.58 Å². The quantitative estimate of drug-likeness (QED) is 0.446. The zero-order chi connectivity index (χ0) is 24.9. The molecule has 186 valence electrons. The maximum absolute atomic E-state index is 12.8. The molecule has 1 saturated carbocycles. The highest BCUT2D eigenvalue weighted by Crippen LogP contribution is 2.52. The van der Waals surface area contributed by atoms with Crippen molar-refractivity contribution >= 4 is 12.0 Å². The lowest BCUT2D eigenvalue weighted by atomic mass is 9.55. The average molecular weight is 477 g/mol. The molecule has 4 rings (SSSR count). The summed E-state index contributed by atoms with van der Waals surface area (Å²) >= 11 is 0. The molecule has 0 aromatic heterocycles. The number of rotatable bonds is 8. The van der Waals surface area contributed by atoms with Gasteiger partial charge in [0.05, 0.1) is 19.8 Å². The maximum Gasteiger partial charge on any atom is 0.244 e. The third kappa shape index (κ3) is 5.29. The molecule has 2 aromatic rings. The van der Waals surface area contributed by atoms with E-state index < -0.39 is 11.0 Å². The smallest absolute Gasteiger partial charge is 0.244 e. The van der Waals surface area contributed by atoms with Gasteiger partial charge in [-0.25, -0.2) is 0 Å². The number of nitrogens with zero attached hydrogens (tertiary/aromatic N) is 1. The van der Waals surface area contributed by atoms with Crippen LogP contribution in [0.5, 0.6) is 11.5 Å². The predicted molar refractivity (Wildman–Crippen MR) is 139 cm³/mol. The fraction of sp³-hybridized carbons (Fsp3) is 0.414. The van der Waals surface area contributed by atoms with Gasteiger partial charge in [-0.1, -0.05) is 30.3 Å². The molecule has 1 saturated heterocycles. The van der Waals surface area contributed by atoms with Crippen LogP contribution in [0.4, 0.5) is 0 Å². The number of nitrogens with one attached hydrogen (secondary N) is 1. The minimum absolute atomic E-state index is 0.0325. The molecule has 35 heavy (non-hydrogen) atoms. The Bertz CT molecular complexity index is 1080. The summed E-state index contributed by atoms with van der Waals surface area (Å²) in [6.07, 6.45) is 8.07. The van der Waals surface area contributed by atoms with Gasteiger partial charge in [0.1, 0.15) is 11.5 Å². The summed E-state index contributed by atoms with van der Waals surface area (Å²) in [4.78, 5) is 15.1. The first kappa shape index (κ1) is 25.0. The molecule has 1 aliphatic heterocycles. The Hall–Kier alpha value is -3.09. The molecular weight excluding hydrogens is 440 g/mol. The Kier molecular flexibility index (Phi) is 7.63. The number of likely N-dealkylation sites (tertiary alicyclic amines) is 1. The number of hydrogen-bond acceptors (Lipinski definition) is 5. The molecule has 0 bridgehead atoms. The van der Waals surface area contributed by atoms with Crippen LogP contribution >= 0.6 is 0 Å². The molecule has 6 nitrogen and oxygen atoms in total. The summed E-state index contributed by atoms with van der Waals surface area (Å²) in [6, 6.07) is 15.6. The number of ether oxygens (including phenoxy) is 2. The Morgan fingerprint density at radius 2 is 1.91 bits per heavy atom. The highest BCUT2D eigenvalue weighted by Gasteiger charge is 2.57. The van der Waals surface area contributed by atoms with Crippen molar-refractivity contribution in [1.82, 2.24) is 10.2 Å². The van der Waals surface area contributed by atoms with Gasteiger partial charge in [0.25, 0.3) is 0 Å². The Morgan fingerprint density at radius 1 is 1.17 bits per heavy atom. The summed E-state index contributed by atoms with van der Waals surface area (Å²) in [5.41, 5.74) is 0.618. The van der Waals surface area contributed by atoms with Gasteiger partial charge in [-0.2, -0.15) is 0 Å². The monoisotopic (exact) mass is 476 g/mol. The fourth-order valence-electron chi connectivity index (χ4n) is 5.81. The molecule has 1 amide bonds. The highest BCUT2D eigenvalue weighted by atomic mass is 16.5. The maximum atomic E-state index is 12.8. The van der Waals surface area contributed by atoms with Crippen molar-refractivity contribution in [2.24, 2.45) is 0 Å². The largest absolute Gasteiger partial charge is 0.497 e. The minimum Gasteiger partial charge on any atom is -0.497 e. The molecule has 3 atom stereocenters. The number of β-amino-alcohol motifs (C(OH)–C–C–N with tert-alkyl or cyclic N) is 1. The first-order valence-corrected chi connectivity index (χ1v) is 12.2. The fourth-order valence-corrected chi connectivity index (χ4v) is 5.81. The Balaban J connectivity index is 1.55. The summed E-state index contributed by atoms with van der Waals surface area (Å²) in [7, 11) is 3.29. The Morgan fingerprint density at radius 3 is 2.66 bits per heavy atom.